The molecule has 0 aromatic carbocycles. The van der Waals surface area contributed by atoms with Crippen LogP contribution in [-0.2, 0) is 0 Å². The van der Waals surface area contributed by atoms with Crippen molar-refractivity contribution in [3.63, 3.8) is 0 Å². The topological polar surface area (TPSA) is 56.7 Å². The van der Waals surface area contributed by atoms with Gasteiger partial charge in [0.05, 0.1) is 12.1 Å². The number of halogens is 1. The lowest BCUT2D eigenvalue weighted by Crippen LogP contribution is -2.43. The lowest BCUT2D eigenvalue weighted by molar-refractivity contribution is -0.0236. The van der Waals surface area contributed by atoms with Crippen LogP contribution in [-0.4, -0.2) is 48.3 Å². The van der Waals surface area contributed by atoms with Gasteiger partial charge in [0.2, 0.25) is 0 Å². The summed E-state index contributed by atoms with van der Waals surface area (Å²) in [5.41, 5.74) is -0.527. The number of rotatable bonds is 8. The summed E-state index contributed by atoms with van der Waals surface area (Å²) in [5, 5.41) is 16.5. The molecule has 1 saturated carbocycles. The number of unbranched alkanes of at least 4 members (excludes halogenated alkanes) is 1. The fraction of sp³-hybridized carbons (Fsp3) is 0.923. The zero-order valence-corrected chi connectivity index (χ0v) is 15.2. The summed E-state index contributed by atoms with van der Waals surface area (Å²) >= 11 is 1.89. The number of hydrogen-bond donors (Lipinski definition) is 3. The van der Waals surface area contributed by atoms with E-state index in [1.165, 1.54) is 12.2 Å². The molecule has 0 radical (unpaired) electrons. The lowest BCUT2D eigenvalue weighted by atomic mass is 9.80. The van der Waals surface area contributed by atoms with Gasteiger partial charge in [-0.05, 0) is 51.0 Å². The van der Waals surface area contributed by atoms with Gasteiger partial charge in [-0.2, -0.15) is 11.8 Å². The molecule has 0 aromatic rings. The van der Waals surface area contributed by atoms with Crippen molar-refractivity contribution in [1.29, 1.82) is 0 Å². The van der Waals surface area contributed by atoms with Gasteiger partial charge in [-0.25, -0.2) is 0 Å². The molecule has 0 spiro atoms. The Labute approximate surface area is 138 Å². The Hall–Kier alpha value is 0.310. The number of hydrogen-bond acceptors (Lipinski definition) is 3. The first-order valence-electron chi connectivity index (χ1n) is 6.94. The number of thioether (sulfide) groups is 1. The van der Waals surface area contributed by atoms with Crippen LogP contribution in [0.3, 0.4) is 0 Å². The summed E-state index contributed by atoms with van der Waals surface area (Å²) in [6, 6.07) is 0. The molecule has 114 valence electrons. The summed E-state index contributed by atoms with van der Waals surface area (Å²) in [6.07, 6.45) is 7.45. The number of aliphatic imine (C=N–C) groups is 1. The van der Waals surface area contributed by atoms with E-state index in [1.54, 1.807) is 0 Å². The van der Waals surface area contributed by atoms with Gasteiger partial charge >= 0.3 is 0 Å². The molecule has 1 aliphatic rings. The Kier molecular flexibility index (Phi) is 11.2. The van der Waals surface area contributed by atoms with Crippen LogP contribution in [0.25, 0.3) is 0 Å². The van der Waals surface area contributed by atoms with Crippen molar-refractivity contribution < 1.29 is 5.11 Å². The molecular formula is C13H28IN3OS. The van der Waals surface area contributed by atoms with E-state index in [0.29, 0.717) is 6.54 Å². The third kappa shape index (κ3) is 8.24. The predicted molar refractivity (Wildman–Crippen MR) is 95.8 cm³/mol. The second-order valence-electron chi connectivity index (χ2n) is 4.90. The molecule has 4 nitrogen and oxygen atoms in total. The van der Waals surface area contributed by atoms with Gasteiger partial charge in [0.15, 0.2) is 5.96 Å². The van der Waals surface area contributed by atoms with Crippen molar-refractivity contribution in [2.24, 2.45) is 4.99 Å². The van der Waals surface area contributed by atoms with Crippen LogP contribution in [0.5, 0.6) is 0 Å². The number of aliphatic hydroxyl groups is 1. The molecule has 0 unspecified atom stereocenters. The summed E-state index contributed by atoms with van der Waals surface area (Å²) < 4.78 is 0. The van der Waals surface area contributed by atoms with Gasteiger partial charge in [0, 0.05) is 13.1 Å². The summed E-state index contributed by atoms with van der Waals surface area (Å²) in [7, 11) is 0. The first-order chi connectivity index (χ1) is 8.70. The van der Waals surface area contributed by atoms with E-state index in [4.69, 9.17) is 0 Å². The molecule has 0 bridgehead atoms. The molecule has 0 amide bonds. The van der Waals surface area contributed by atoms with Crippen LogP contribution >= 0.6 is 35.7 Å². The standard InChI is InChI=1S/C13H27N3OS.HI/c1-3-14-12(15-9-4-5-10-18-2)16-11-13(17)7-6-8-13;/h17H,3-11H2,1-2H3,(H2,14,15,16);1H. The third-order valence-electron chi connectivity index (χ3n) is 3.23. The van der Waals surface area contributed by atoms with Crippen molar-refractivity contribution in [2.75, 3.05) is 31.6 Å². The van der Waals surface area contributed by atoms with Crippen molar-refractivity contribution in [3.8, 4) is 0 Å². The van der Waals surface area contributed by atoms with E-state index in [9.17, 15) is 5.11 Å². The van der Waals surface area contributed by atoms with Gasteiger partial charge < -0.3 is 15.7 Å². The largest absolute Gasteiger partial charge is 0.388 e. The lowest BCUT2D eigenvalue weighted by Gasteiger charge is -2.35. The smallest absolute Gasteiger partial charge is 0.191 e. The normalized spacial score (nSPS) is 17.3. The Morgan fingerprint density at radius 3 is 2.58 bits per heavy atom. The van der Waals surface area contributed by atoms with E-state index in [-0.39, 0.29) is 24.0 Å². The second kappa shape index (κ2) is 11.0. The Morgan fingerprint density at radius 2 is 2.05 bits per heavy atom. The van der Waals surface area contributed by atoms with Gasteiger partial charge in [0.1, 0.15) is 0 Å². The zero-order valence-electron chi connectivity index (χ0n) is 12.1. The highest BCUT2D eigenvalue weighted by Crippen LogP contribution is 2.31. The zero-order chi connectivity index (χ0) is 13.3. The monoisotopic (exact) mass is 401 g/mol. The molecule has 19 heavy (non-hydrogen) atoms. The highest BCUT2D eigenvalue weighted by Gasteiger charge is 2.34. The number of nitrogens with zero attached hydrogens (tertiary/aromatic N) is 1. The van der Waals surface area contributed by atoms with Crippen LogP contribution in [0.1, 0.15) is 39.0 Å². The van der Waals surface area contributed by atoms with Crippen LogP contribution in [0.2, 0.25) is 0 Å². The fourth-order valence-corrected chi connectivity index (χ4v) is 2.38. The van der Waals surface area contributed by atoms with Gasteiger partial charge in [-0.15, -0.1) is 24.0 Å². The first kappa shape index (κ1) is 19.3. The molecule has 3 N–H and O–H groups in total. The van der Waals surface area contributed by atoms with Crippen molar-refractivity contribution in [2.45, 2.75) is 44.6 Å². The summed E-state index contributed by atoms with van der Waals surface area (Å²) in [5.74, 6) is 2.05. The Bertz CT molecular complexity index is 260. The molecule has 0 atom stereocenters. The SMILES string of the molecule is CCNC(=NCC1(O)CCC1)NCCCCSC.I. The maximum Gasteiger partial charge on any atom is 0.191 e. The molecule has 0 heterocycles. The minimum Gasteiger partial charge on any atom is -0.388 e. The Morgan fingerprint density at radius 1 is 1.32 bits per heavy atom. The number of guanidine groups is 1. The highest BCUT2D eigenvalue weighted by molar-refractivity contribution is 14.0. The van der Waals surface area contributed by atoms with Crippen LogP contribution in [0, 0.1) is 0 Å². The summed E-state index contributed by atoms with van der Waals surface area (Å²) in [4.78, 5) is 4.46. The molecule has 1 rings (SSSR count). The van der Waals surface area contributed by atoms with E-state index in [2.05, 4.69) is 28.8 Å². The molecule has 6 heteroatoms. The molecule has 0 saturated heterocycles. The quantitative estimate of drug-likeness (QED) is 0.253. The van der Waals surface area contributed by atoms with Gasteiger partial charge in [-0.1, -0.05) is 0 Å². The minimum atomic E-state index is -0.527. The molecule has 0 aliphatic heterocycles. The first-order valence-corrected chi connectivity index (χ1v) is 8.33. The molecule has 0 aromatic heterocycles. The van der Waals surface area contributed by atoms with Crippen molar-refractivity contribution in [3.05, 3.63) is 0 Å². The van der Waals surface area contributed by atoms with Crippen molar-refractivity contribution >= 4 is 41.7 Å². The maximum absolute atomic E-state index is 10.0. The molecular weight excluding hydrogens is 373 g/mol. The van der Waals surface area contributed by atoms with Gasteiger partial charge in [-0.3, -0.25) is 4.99 Å². The van der Waals surface area contributed by atoms with Crippen LogP contribution in [0.4, 0.5) is 0 Å². The highest BCUT2D eigenvalue weighted by atomic mass is 127. The number of nitrogens with one attached hydrogen (secondary N) is 2. The van der Waals surface area contributed by atoms with E-state index >= 15 is 0 Å². The second-order valence-corrected chi connectivity index (χ2v) is 5.89. The summed E-state index contributed by atoms with van der Waals surface area (Å²) in [6.45, 7) is 4.38. The van der Waals surface area contributed by atoms with Gasteiger partial charge in [0.25, 0.3) is 0 Å². The van der Waals surface area contributed by atoms with Crippen molar-refractivity contribution in [1.82, 2.24) is 10.6 Å². The van der Waals surface area contributed by atoms with Crippen LogP contribution in [0.15, 0.2) is 4.99 Å². The average Bonchev–Trinajstić information content (AvgIpc) is 2.33. The Balaban J connectivity index is 0.00000324. The maximum atomic E-state index is 10.0. The molecule has 1 fully saturated rings. The van der Waals surface area contributed by atoms with E-state index < -0.39 is 5.60 Å². The molecule has 1 aliphatic carbocycles. The predicted octanol–water partition coefficient (Wildman–Crippen LogP) is 2.22. The third-order valence-corrected chi connectivity index (χ3v) is 3.92. The van der Waals surface area contributed by atoms with Crippen LogP contribution < -0.4 is 10.6 Å². The average molecular weight is 401 g/mol. The van der Waals surface area contributed by atoms with E-state index in [0.717, 1.165) is 44.7 Å². The fourth-order valence-electron chi connectivity index (χ4n) is 1.89. The minimum absolute atomic E-state index is 0. The van der Waals surface area contributed by atoms with E-state index in [1.807, 2.05) is 11.8 Å².